The maximum absolute atomic E-state index is 12.6. The Hall–Kier alpha value is -1.46. The molecule has 0 fully saturated rings. The lowest BCUT2D eigenvalue weighted by Gasteiger charge is -2.25. The van der Waals surface area contributed by atoms with Crippen molar-refractivity contribution in [3.8, 4) is 0 Å². The first-order valence-electron chi connectivity index (χ1n) is 5.29. The standard InChI is InChI=1S/C11H17F2N3O/c1-11(2,3)9(17)15(4)7-8-14-5-6-16(8)10(12)13/h5-6,10H,7H2,1-4H3. The average molecular weight is 245 g/mol. The largest absolute Gasteiger partial charge is 0.338 e. The van der Waals surface area contributed by atoms with Crippen LogP contribution in [0.2, 0.25) is 0 Å². The van der Waals surface area contributed by atoms with Gasteiger partial charge in [0.05, 0.1) is 6.54 Å². The van der Waals surface area contributed by atoms with Crippen LogP contribution in [0.25, 0.3) is 0 Å². The summed E-state index contributed by atoms with van der Waals surface area (Å²) >= 11 is 0. The molecule has 1 heterocycles. The van der Waals surface area contributed by atoms with E-state index in [0.29, 0.717) is 0 Å². The molecule has 6 heteroatoms. The van der Waals surface area contributed by atoms with Gasteiger partial charge in [-0.25, -0.2) is 4.98 Å². The maximum atomic E-state index is 12.6. The minimum absolute atomic E-state index is 0.0768. The Morgan fingerprint density at radius 1 is 1.53 bits per heavy atom. The Labute approximate surface area is 99.2 Å². The van der Waals surface area contributed by atoms with Crippen LogP contribution >= 0.6 is 0 Å². The van der Waals surface area contributed by atoms with E-state index in [1.54, 1.807) is 27.8 Å². The highest BCUT2D eigenvalue weighted by Gasteiger charge is 2.26. The Morgan fingerprint density at radius 2 is 2.12 bits per heavy atom. The van der Waals surface area contributed by atoms with Crippen LogP contribution in [0.15, 0.2) is 12.4 Å². The van der Waals surface area contributed by atoms with Gasteiger partial charge in [-0.15, -0.1) is 0 Å². The van der Waals surface area contributed by atoms with E-state index in [1.165, 1.54) is 17.3 Å². The van der Waals surface area contributed by atoms with E-state index in [0.717, 1.165) is 4.57 Å². The Bertz CT molecular complexity index is 396. The maximum Gasteiger partial charge on any atom is 0.319 e. The van der Waals surface area contributed by atoms with Gasteiger partial charge in [0.1, 0.15) is 5.82 Å². The zero-order valence-electron chi connectivity index (χ0n) is 10.4. The lowest BCUT2D eigenvalue weighted by atomic mass is 9.95. The number of halogens is 2. The molecule has 0 atom stereocenters. The SMILES string of the molecule is CN(Cc1nccn1C(F)F)C(=O)C(C)(C)C. The first-order valence-corrected chi connectivity index (χ1v) is 5.29. The van der Waals surface area contributed by atoms with E-state index in [9.17, 15) is 13.6 Å². The van der Waals surface area contributed by atoms with Crippen LogP contribution in [0.5, 0.6) is 0 Å². The molecule has 4 nitrogen and oxygen atoms in total. The molecule has 1 amide bonds. The number of aromatic nitrogens is 2. The number of carbonyl (C=O) groups is 1. The van der Waals surface area contributed by atoms with Gasteiger partial charge in [0, 0.05) is 24.9 Å². The third kappa shape index (κ3) is 3.25. The molecular weight excluding hydrogens is 228 g/mol. The van der Waals surface area contributed by atoms with Gasteiger partial charge in [-0.1, -0.05) is 20.8 Å². The van der Waals surface area contributed by atoms with Crippen molar-refractivity contribution < 1.29 is 13.6 Å². The predicted molar refractivity (Wildman–Crippen MR) is 59.4 cm³/mol. The molecule has 0 saturated heterocycles. The fraction of sp³-hybridized carbons (Fsp3) is 0.636. The Morgan fingerprint density at radius 3 is 2.59 bits per heavy atom. The number of nitrogens with zero attached hydrogens (tertiary/aromatic N) is 3. The molecule has 0 aliphatic heterocycles. The first kappa shape index (κ1) is 13.6. The van der Waals surface area contributed by atoms with Crippen molar-refractivity contribution in [3.63, 3.8) is 0 Å². The summed E-state index contributed by atoms with van der Waals surface area (Å²) < 4.78 is 25.9. The van der Waals surface area contributed by atoms with Crippen LogP contribution in [0.3, 0.4) is 0 Å². The highest BCUT2D eigenvalue weighted by atomic mass is 19.3. The number of alkyl halides is 2. The van der Waals surface area contributed by atoms with Gasteiger partial charge in [0.15, 0.2) is 0 Å². The van der Waals surface area contributed by atoms with E-state index >= 15 is 0 Å². The third-order valence-electron chi connectivity index (χ3n) is 2.33. The second-order valence-corrected chi connectivity index (χ2v) is 4.94. The summed E-state index contributed by atoms with van der Waals surface area (Å²) in [6, 6.07) is 0. The molecule has 0 saturated carbocycles. The van der Waals surface area contributed by atoms with Crippen LogP contribution in [-0.4, -0.2) is 27.4 Å². The van der Waals surface area contributed by atoms with Crippen molar-refractivity contribution in [2.75, 3.05) is 7.05 Å². The van der Waals surface area contributed by atoms with Gasteiger partial charge < -0.3 is 4.90 Å². The fourth-order valence-corrected chi connectivity index (χ4v) is 1.50. The minimum atomic E-state index is -2.63. The fourth-order valence-electron chi connectivity index (χ4n) is 1.50. The van der Waals surface area contributed by atoms with Gasteiger partial charge in [-0.2, -0.15) is 8.78 Å². The zero-order chi connectivity index (χ0) is 13.2. The second-order valence-electron chi connectivity index (χ2n) is 4.94. The van der Waals surface area contributed by atoms with Gasteiger partial charge in [-0.05, 0) is 0 Å². The number of carbonyl (C=O) groups excluding carboxylic acids is 1. The monoisotopic (exact) mass is 245 g/mol. The van der Waals surface area contributed by atoms with E-state index in [4.69, 9.17) is 0 Å². The van der Waals surface area contributed by atoms with E-state index < -0.39 is 12.0 Å². The van der Waals surface area contributed by atoms with Crippen molar-refractivity contribution in [2.24, 2.45) is 5.41 Å². The van der Waals surface area contributed by atoms with Crippen LogP contribution < -0.4 is 0 Å². The summed E-state index contributed by atoms with van der Waals surface area (Å²) in [5, 5.41) is 0. The summed E-state index contributed by atoms with van der Waals surface area (Å²) in [5.74, 6) is 0.0708. The number of hydrogen-bond acceptors (Lipinski definition) is 2. The molecule has 1 aromatic heterocycles. The quantitative estimate of drug-likeness (QED) is 0.819. The molecule has 0 N–H and O–H groups in total. The summed E-state index contributed by atoms with van der Waals surface area (Å²) in [7, 11) is 1.58. The molecule has 1 aromatic rings. The van der Waals surface area contributed by atoms with E-state index in [-0.39, 0.29) is 18.3 Å². The van der Waals surface area contributed by atoms with Crippen molar-refractivity contribution in [1.82, 2.24) is 14.5 Å². The molecule has 0 unspecified atom stereocenters. The molecule has 1 rings (SSSR count). The van der Waals surface area contributed by atoms with Crippen LogP contribution in [0.4, 0.5) is 8.78 Å². The van der Waals surface area contributed by atoms with Gasteiger partial charge in [0.2, 0.25) is 5.91 Å². The Kier molecular flexibility index (Phi) is 3.85. The summed E-state index contributed by atoms with van der Waals surface area (Å²) in [6.07, 6.45) is 2.51. The summed E-state index contributed by atoms with van der Waals surface area (Å²) in [4.78, 5) is 17.1. The highest BCUT2D eigenvalue weighted by Crippen LogP contribution is 2.19. The summed E-state index contributed by atoms with van der Waals surface area (Å²) in [6.45, 7) is 2.79. The molecular formula is C11H17F2N3O. The molecule has 0 radical (unpaired) electrons. The molecule has 17 heavy (non-hydrogen) atoms. The van der Waals surface area contributed by atoms with Gasteiger partial charge in [0.25, 0.3) is 0 Å². The van der Waals surface area contributed by atoms with Crippen LogP contribution in [-0.2, 0) is 11.3 Å². The van der Waals surface area contributed by atoms with Gasteiger partial charge >= 0.3 is 6.55 Å². The van der Waals surface area contributed by atoms with Crippen molar-refractivity contribution in [1.29, 1.82) is 0 Å². The average Bonchev–Trinajstić information content (AvgIpc) is 2.63. The number of imidazole rings is 1. The normalized spacial score (nSPS) is 11.9. The van der Waals surface area contributed by atoms with Crippen molar-refractivity contribution >= 4 is 5.91 Å². The lowest BCUT2D eigenvalue weighted by molar-refractivity contribution is -0.138. The number of rotatable bonds is 3. The third-order valence-corrected chi connectivity index (χ3v) is 2.33. The first-order chi connectivity index (χ1) is 7.73. The molecule has 0 aromatic carbocycles. The van der Waals surface area contributed by atoms with Crippen molar-refractivity contribution in [2.45, 2.75) is 33.9 Å². The molecule has 96 valence electrons. The molecule has 0 bridgehead atoms. The summed E-state index contributed by atoms with van der Waals surface area (Å²) in [5.41, 5.74) is -0.531. The van der Waals surface area contributed by atoms with Crippen LogP contribution in [0.1, 0.15) is 33.1 Å². The predicted octanol–water partition coefficient (Wildman–Crippen LogP) is 2.28. The highest BCUT2D eigenvalue weighted by molar-refractivity contribution is 5.81. The zero-order valence-corrected chi connectivity index (χ0v) is 10.4. The minimum Gasteiger partial charge on any atom is -0.338 e. The smallest absolute Gasteiger partial charge is 0.319 e. The Balaban J connectivity index is 2.78. The molecule has 0 aliphatic carbocycles. The number of hydrogen-bond donors (Lipinski definition) is 0. The van der Waals surface area contributed by atoms with Crippen LogP contribution in [0, 0.1) is 5.41 Å². The topological polar surface area (TPSA) is 38.1 Å². The van der Waals surface area contributed by atoms with Crippen molar-refractivity contribution in [3.05, 3.63) is 18.2 Å². The van der Waals surface area contributed by atoms with Gasteiger partial charge in [-0.3, -0.25) is 9.36 Å². The molecule has 0 spiro atoms. The lowest BCUT2D eigenvalue weighted by Crippen LogP contribution is -2.36. The number of amides is 1. The van der Waals surface area contributed by atoms with E-state index in [1.807, 2.05) is 0 Å². The second kappa shape index (κ2) is 4.81. The van der Waals surface area contributed by atoms with E-state index in [2.05, 4.69) is 4.98 Å². The molecule has 0 aliphatic rings.